The minimum atomic E-state index is -0.555. The first kappa shape index (κ1) is 14.2. The van der Waals surface area contributed by atoms with E-state index in [9.17, 15) is 10.4 Å². The normalized spacial score (nSPS) is 11.4. The first-order valence-corrected chi connectivity index (χ1v) is 6.72. The van der Waals surface area contributed by atoms with Crippen LogP contribution >= 0.6 is 15.9 Å². The van der Waals surface area contributed by atoms with E-state index in [1.54, 1.807) is 12.1 Å². The minimum absolute atomic E-state index is 0.0151. The number of anilines is 1. The van der Waals surface area contributed by atoms with E-state index in [0.717, 1.165) is 10.2 Å². The Morgan fingerprint density at radius 2 is 2.10 bits per heavy atom. The summed E-state index contributed by atoms with van der Waals surface area (Å²) in [4.78, 5) is 0. The van der Waals surface area contributed by atoms with Crippen LogP contribution in [0.1, 0.15) is 11.6 Å². The van der Waals surface area contributed by atoms with Crippen molar-refractivity contribution in [3.8, 4) is 17.6 Å². The number of methoxy groups -OCH3 is 1. The molecule has 0 saturated heterocycles. The largest absolute Gasteiger partial charge is 0.504 e. The second-order valence-electron chi connectivity index (χ2n) is 4.15. The maximum Gasteiger partial charge on any atom is 0.160 e. The van der Waals surface area contributed by atoms with Crippen molar-refractivity contribution in [2.45, 2.75) is 6.04 Å². The Morgan fingerprint density at radius 1 is 1.30 bits per heavy atom. The lowest BCUT2D eigenvalue weighted by molar-refractivity contribution is 0.373. The lowest BCUT2D eigenvalue weighted by Crippen LogP contribution is -2.08. The van der Waals surface area contributed by atoms with E-state index in [1.807, 2.05) is 24.3 Å². The van der Waals surface area contributed by atoms with Gasteiger partial charge >= 0.3 is 0 Å². The van der Waals surface area contributed by atoms with Gasteiger partial charge in [0.05, 0.1) is 13.2 Å². The van der Waals surface area contributed by atoms with Crippen LogP contribution in [0, 0.1) is 11.3 Å². The number of nitriles is 1. The summed E-state index contributed by atoms with van der Waals surface area (Å²) in [6, 6.07) is 14.1. The van der Waals surface area contributed by atoms with E-state index in [0.29, 0.717) is 11.3 Å². The third-order valence-corrected chi connectivity index (χ3v) is 3.29. The Balaban J connectivity index is 2.25. The van der Waals surface area contributed by atoms with Crippen LogP contribution in [0.4, 0.5) is 5.69 Å². The first-order chi connectivity index (χ1) is 9.63. The van der Waals surface area contributed by atoms with Gasteiger partial charge in [-0.15, -0.1) is 0 Å². The quantitative estimate of drug-likeness (QED) is 0.892. The van der Waals surface area contributed by atoms with Crippen LogP contribution in [-0.4, -0.2) is 12.2 Å². The third kappa shape index (κ3) is 3.22. The fourth-order valence-electron chi connectivity index (χ4n) is 1.82. The summed E-state index contributed by atoms with van der Waals surface area (Å²) in [7, 11) is 1.48. The van der Waals surface area contributed by atoms with Crippen molar-refractivity contribution >= 4 is 21.6 Å². The number of nitrogens with one attached hydrogen (secondary N) is 1. The van der Waals surface area contributed by atoms with Gasteiger partial charge in [0.15, 0.2) is 11.5 Å². The summed E-state index contributed by atoms with van der Waals surface area (Å²) in [6.07, 6.45) is 0. The van der Waals surface area contributed by atoms with Gasteiger partial charge in [0.1, 0.15) is 6.04 Å². The molecule has 0 radical (unpaired) electrons. The first-order valence-electron chi connectivity index (χ1n) is 5.92. The Labute approximate surface area is 125 Å². The molecule has 0 amide bonds. The molecule has 20 heavy (non-hydrogen) atoms. The molecule has 2 rings (SSSR count). The monoisotopic (exact) mass is 332 g/mol. The van der Waals surface area contributed by atoms with E-state index in [2.05, 4.69) is 27.3 Å². The number of phenolic OH excluding ortho intramolecular Hbond substituents is 1. The number of aromatic hydroxyl groups is 1. The van der Waals surface area contributed by atoms with Crippen LogP contribution in [-0.2, 0) is 0 Å². The zero-order chi connectivity index (χ0) is 14.5. The van der Waals surface area contributed by atoms with Gasteiger partial charge in [0.2, 0.25) is 0 Å². The zero-order valence-electron chi connectivity index (χ0n) is 10.8. The Bertz CT molecular complexity index is 653. The van der Waals surface area contributed by atoms with Gasteiger partial charge < -0.3 is 15.2 Å². The lowest BCUT2D eigenvalue weighted by Gasteiger charge is -2.14. The maximum absolute atomic E-state index is 9.78. The average molecular weight is 333 g/mol. The number of hydrogen-bond donors (Lipinski definition) is 2. The SMILES string of the molecule is COc1ccc(C(C#N)Nc2cccc(Br)c2)cc1O. The van der Waals surface area contributed by atoms with Gasteiger partial charge in [-0.2, -0.15) is 5.26 Å². The molecule has 0 fully saturated rings. The van der Waals surface area contributed by atoms with Crippen molar-refractivity contribution < 1.29 is 9.84 Å². The molecule has 0 saturated carbocycles. The van der Waals surface area contributed by atoms with Gasteiger partial charge in [-0.3, -0.25) is 0 Å². The maximum atomic E-state index is 9.78. The number of phenols is 1. The number of rotatable bonds is 4. The Kier molecular flexibility index (Phi) is 4.49. The predicted octanol–water partition coefficient (Wildman–Crippen LogP) is 3.84. The van der Waals surface area contributed by atoms with Crippen LogP contribution in [0.2, 0.25) is 0 Å². The van der Waals surface area contributed by atoms with Crippen molar-refractivity contribution in [2.75, 3.05) is 12.4 Å². The molecular formula is C15H13BrN2O2. The second-order valence-corrected chi connectivity index (χ2v) is 5.06. The molecule has 5 heteroatoms. The Morgan fingerprint density at radius 3 is 2.70 bits per heavy atom. The molecule has 0 aromatic heterocycles. The number of nitrogens with zero attached hydrogens (tertiary/aromatic N) is 1. The summed E-state index contributed by atoms with van der Waals surface area (Å²) in [5.74, 6) is 0.397. The molecule has 2 N–H and O–H groups in total. The molecule has 1 atom stereocenters. The van der Waals surface area contributed by atoms with E-state index in [-0.39, 0.29) is 5.75 Å². The van der Waals surface area contributed by atoms with E-state index in [4.69, 9.17) is 4.74 Å². The third-order valence-electron chi connectivity index (χ3n) is 2.80. The Hall–Kier alpha value is -2.19. The van der Waals surface area contributed by atoms with Crippen LogP contribution < -0.4 is 10.1 Å². The fraction of sp³-hybridized carbons (Fsp3) is 0.133. The number of hydrogen-bond acceptors (Lipinski definition) is 4. The molecular weight excluding hydrogens is 320 g/mol. The molecule has 2 aromatic carbocycles. The highest BCUT2D eigenvalue weighted by Gasteiger charge is 2.13. The van der Waals surface area contributed by atoms with Gasteiger partial charge in [-0.1, -0.05) is 28.1 Å². The molecule has 2 aromatic rings. The summed E-state index contributed by atoms with van der Waals surface area (Å²) in [5, 5.41) is 22.2. The molecule has 0 aliphatic heterocycles. The van der Waals surface area contributed by atoms with Gasteiger partial charge in [0.25, 0.3) is 0 Å². The molecule has 0 aliphatic rings. The summed E-state index contributed by atoms with van der Waals surface area (Å²) >= 11 is 3.38. The molecule has 0 bridgehead atoms. The highest BCUT2D eigenvalue weighted by Crippen LogP contribution is 2.30. The molecule has 0 aliphatic carbocycles. The smallest absolute Gasteiger partial charge is 0.160 e. The highest BCUT2D eigenvalue weighted by molar-refractivity contribution is 9.10. The minimum Gasteiger partial charge on any atom is -0.504 e. The van der Waals surface area contributed by atoms with E-state index in [1.165, 1.54) is 13.2 Å². The van der Waals surface area contributed by atoms with E-state index < -0.39 is 6.04 Å². The fourth-order valence-corrected chi connectivity index (χ4v) is 2.22. The number of benzene rings is 2. The molecule has 1 unspecified atom stereocenters. The lowest BCUT2D eigenvalue weighted by atomic mass is 10.1. The number of ether oxygens (including phenoxy) is 1. The van der Waals surface area contributed by atoms with Crippen molar-refractivity contribution in [1.82, 2.24) is 0 Å². The van der Waals surface area contributed by atoms with Crippen molar-refractivity contribution in [2.24, 2.45) is 0 Å². The van der Waals surface area contributed by atoms with Crippen LogP contribution in [0.15, 0.2) is 46.9 Å². The van der Waals surface area contributed by atoms with Crippen molar-refractivity contribution in [3.63, 3.8) is 0 Å². The average Bonchev–Trinajstić information content (AvgIpc) is 2.44. The molecule has 4 nitrogen and oxygen atoms in total. The van der Waals surface area contributed by atoms with Crippen LogP contribution in [0.25, 0.3) is 0 Å². The topological polar surface area (TPSA) is 65.3 Å². The predicted molar refractivity (Wildman–Crippen MR) is 80.8 cm³/mol. The summed E-state index contributed by atoms with van der Waals surface area (Å²) in [5.41, 5.74) is 1.49. The summed E-state index contributed by atoms with van der Waals surface area (Å²) in [6.45, 7) is 0. The van der Waals surface area contributed by atoms with E-state index >= 15 is 0 Å². The van der Waals surface area contributed by atoms with Gasteiger partial charge in [0, 0.05) is 10.2 Å². The molecule has 0 spiro atoms. The van der Waals surface area contributed by atoms with Gasteiger partial charge in [-0.05, 0) is 35.9 Å². The zero-order valence-corrected chi connectivity index (χ0v) is 12.4. The van der Waals surface area contributed by atoms with Crippen molar-refractivity contribution in [3.05, 3.63) is 52.5 Å². The molecule has 0 heterocycles. The second kappa shape index (κ2) is 6.31. The van der Waals surface area contributed by atoms with Crippen molar-refractivity contribution in [1.29, 1.82) is 5.26 Å². The summed E-state index contributed by atoms with van der Waals surface area (Å²) < 4.78 is 5.92. The standard InChI is InChI=1S/C15H13BrN2O2/c1-20-15-6-5-10(7-14(15)19)13(9-17)18-12-4-2-3-11(16)8-12/h2-8,13,18-19H,1H3. The van der Waals surface area contributed by atoms with Crippen LogP contribution in [0.5, 0.6) is 11.5 Å². The highest BCUT2D eigenvalue weighted by atomic mass is 79.9. The van der Waals surface area contributed by atoms with Crippen LogP contribution in [0.3, 0.4) is 0 Å². The molecule has 102 valence electrons. The number of halogens is 1. The van der Waals surface area contributed by atoms with Gasteiger partial charge in [-0.25, -0.2) is 0 Å².